The molecule has 1 atom stereocenters. The van der Waals surface area contributed by atoms with Gasteiger partial charge in [0.15, 0.2) is 0 Å². The van der Waals surface area contributed by atoms with E-state index in [-0.39, 0.29) is 30.9 Å². The summed E-state index contributed by atoms with van der Waals surface area (Å²) in [4.78, 5) is 19.7. The van der Waals surface area contributed by atoms with Gasteiger partial charge in [-0.1, -0.05) is 47.3 Å². The normalized spacial score (nSPS) is 12.4. The number of ether oxygens (including phenoxy) is 4. The van der Waals surface area contributed by atoms with Gasteiger partial charge in [0.05, 0.1) is 19.8 Å². The molecule has 48 heavy (non-hydrogen) atoms. The van der Waals surface area contributed by atoms with Gasteiger partial charge in [-0.25, -0.2) is 0 Å². The minimum Gasteiger partial charge on any atom is -0.497 e. The number of alkyl halides is 3. The molecule has 1 aromatic heterocycles. The van der Waals surface area contributed by atoms with E-state index < -0.39 is 29.5 Å². The molecule has 12 nitrogen and oxygen atoms in total. The number of benzene rings is 4. The predicted molar refractivity (Wildman–Crippen MR) is 168 cm³/mol. The van der Waals surface area contributed by atoms with E-state index in [1.165, 1.54) is 20.3 Å². The summed E-state index contributed by atoms with van der Waals surface area (Å²) in [6.07, 6.45) is -4.39. The summed E-state index contributed by atoms with van der Waals surface area (Å²) in [5.74, 6) is -0.716. The summed E-state index contributed by atoms with van der Waals surface area (Å²) in [7, 11) is 3.04. The van der Waals surface area contributed by atoms with Crippen LogP contribution in [0.2, 0.25) is 0 Å². The summed E-state index contributed by atoms with van der Waals surface area (Å²) >= 11 is 0. The van der Waals surface area contributed by atoms with Crippen molar-refractivity contribution >= 4 is 17.0 Å². The minimum absolute atomic E-state index is 0.0334. The van der Waals surface area contributed by atoms with Gasteiger partial charge in [0, 0.05) is 17.2 Å². The summed E-state index contributed by atoms with van der Waals surface area (Å²) in [5, 5.41) is 10.6. The van der Waals surface area contributed by atoms with E-state index in [9.17, 15) is 18.0 Å². The molecule has 5 rings (SSSR count). The fourth-order valence-corrected chi connectivity index (χ4v) is 4.77. The number of halogens is 3. The predicted octanol–water partition coefficient (Wildman–Crippen LogP) is 3.90. The van der Waals surface area contributed by atoms with E-state index in [2.05, 4.69) is 15.6 Å². The van der Waals surface area contributed by atoms with Crippen LogP contribution in [-0.4, -0.2) is 48.2 Å². The average molecular weight is 667 g/mol. The Morgan fingerprint density at radius 3 is 2.31 bits per heavy atom. The van der Waals surface area contributed by atoms with Gasteiger partial charge in [-0.2, -0.15) is 13.2 Å². The second-order valence-corrected chi connectivity index (χ2v) is 10.6. The van der Waals surface area contributed by atoms with Gasteiger partial charge in [0.25, 0.3) is 6.79 Å². The third-order valence-corrected chi connectivity index (χ3v) is 7.32. The molecule has 15 heteroatoms. The first kappa shape index (κ1) is 34.0. The number of carbonyl (C=O) groups is 1. The number of carbonyl (C=O) groups excluding carboxylic acids is 1. The molecule has 0 radical (unpaired) electrons. The first-order valence-corrected chi connectivity index (χ1v) is 14.5. The number of aromatic nitrogens is 3. The van der Waals surface area contributed by atoms with Crippen LogP contribution < -0.4 is 35.8 Å². The molecular weight excluding hydrogens is 633 g/mol. The zero-order chi connectivity index (χ0) is 34.3. The van der Waals surface area contributed by atoms with Crippen LogP contribution in [0.1, 0.15) is 22.3 Å². The molecule has 0 saturated carbocycles. The van der Waals surface area contributed by atoms with Crippen molar-refractivity contribution in [2.45, 2.75) is 31.0 Å². The van der Waals surface area contributed by atoms with E-state index in [0.29, 0.717) is 33.9 Å². The van der Waals surface area contributed by atoms with Crippen LogP contribution in [0.5, 0.6) is 17.2 Å². The van der Waals surface area contributed by atoms with E-state index in [1.54, 1.807) is 66.7 Å². The lowest BCUT2D eigenvalue weighted by molar-refractivity contribution is -0.148. The van der Waals surface area contributed by atoms with Crippen LogP contribution >= 0.6 is 0 Å². The van der Waals surface area contributed by atoms with E-state index in [0.717, 1.165) is 17.0 Å². The molecule has 0 unspecified atom stereocenters. The van der Waals surface area contributed by atoms with Gasteiger partial charge in [-0.3, -0.25) is 21.6 Å². The Hall–Kier alpha value is -5.38. The molecule has 252 valence electrons. The van der Waals surface area contributed by atoms with E-state index >= 15 is 0 Å². The smallest absolute Gasteiger partial charge is 0.416 e. The van der Waals surface area contributed by atoms with Gasteiger partial charge in [-0.15, -0.1) is 5.10 Å². The highest BCUT2D eigenvalue weighted by Gasteiger charge is 2.32. The van der Waals surface area contributed by atoms with E-state index in [4.69, 9.17) is 35.3 Å². The van der Waals surface area contributed by atoms with Crippen molar-refractivity contribution in [2.75, 3.05) is 21.0 Å². The number of nitrogens with one attached hydrogen (secondary N) is 1. The van der Waals surface area contributed by atoms with Crippen LogP contribution in [0.4, 0.5) is 13.2 Å². The van der Waals surface area contributed by atoms with Gasteiger partial charge in [0.2, 0.25) is 0 Å². The van der Waals surface area contributed by atoms with Crippen molar-refractivity contribution < 1.29 is 41.8 Å². The van der Waals surface area contributed by atoms with Crippen LogP contribution in [-0.2, 0) is 34.5 Å². The first-order valence-electron chi connectivity index (χ1n) is 14.5. The summed E-state index contributed by atoms with van der Waals surface area (Å²) in [6, 6.07) is 22.8. The zero-order valence-corrected chi connectivity index (χ0v) is 25.9. The first-order chi connectivity index (χ1) is 23.0. The Balaban J connectivity index is 1.25. The lowest BCUT2D eigenvalue weighted by Crippen LogP contribution is -2.63. The third kappa shape index (κ3) is 8.31. The topological polar surface area (TPSA) is 158 Å². The highest BCUT2D eigenvalue weighted by atomic mass is 19.4. The number of rotatable bonds is 14. The molecule has 5 N–H and O–H groups in total. The molecule has 0 fully saturated rings. The van der Waals surface area contributed by atoms with Crippen LogP contribution in [0.15, 0.2) is 91.0 Å². The SMILES string of the molecule is COc1ccc(COC(=O)[C@@H](Cc2ccc(OCOn3nnc4ccc(C(F)(F)F)cc43)cc2)NC(N)(N)c2ccccc2)c(OC)c1. The second kappa shape index (κ2) is 14.6. The molecule has 1 heterocycles. The number of hydrogen-bond donors (Lipinski definition) is 3. The Labute approximate surface area is 273 Å². The van der Waals surface area contributed by atoms with Crippen molar-refractivity contribution in [1.29, 1.82) is 0 Å². The number of esters is 1. The Kier molecular flexibility index (Phi) is 10.3. The molecule has 5 aromatic rings. The monoisotopic (exact) mass is 666 g/mol. The molecule has 0 amide bonds. The summed E-state index contributed by atoms with van der Waals surface area (Å²) in [5.41, 5.74) is 14.1. The minimum atomic E-state index is -4.53. The number of hydrogen-bond acceptors (Lipinski definition) is 11. The fraction of sp³-hybridized carbons (Fsp3) is 0.242. The molecule has 0 spiro atoms. The highest BCUT2D eigenvalue weighted by molar-refractivity contribution is 5.76. The maximum Gasteiger partial charge on any atom is 0.416 e. The molecule has 4 aromatic carbocycles. The van der Waals surface area contributed by atoms with Crippen LogP contribution in [0, 0.1) is 0 Å². The van der Waals surface area contributed by atoms with Gasteiger partial charge < -0.3 is 23.8 Å². The Bertz CT molecular complexity index is 1830. The maximum atomic E-state index is 13.5. The molecule has 0 bridgehead atoms. The quantitative estimate of drug-likeness (QED) is 0.117. The Morgan fingerprint density at radius 2 is 1.62 bits per heavy atom. The van der Waals surface area contributed by atoms with E-state index in [1.807, 2.05) is 6.07 Å². The van der Waals surface area contributed by atoms with Crippen molar-refractivity contribution in [1.82, 2.24) is 20.5 Å². The van der Waals surface area contributed by atoms with Crippen molar-refractivity contribution in [2.24, 2.45) is 11.5 Å². The molecule has 0 aliphatic carbocycles. The number of nitrogens with zero attached hydrogens (tertiary/aromatic N) is 3. The lowest BCUT2D eigenvalue weighted by atomic mass is 10.0. The van der Waals surface area contributed by atoms with Gasteiger partial charge >= 0.3 is 12.1 Å². The summed E-state index contributed by atoms with van der Waals surface area (Å²) in [6.45, 7) is -0.456. The van der Waals surface area contributed by atoms with Crippen molar-refractivity contribution in [3.63, 3.8) is 0 Å². The Morgan fingerprint density at radius 1 is 0.896 bits per heavy atom. The number of nitrogens with two attached hydrogens (primary N) is 2. The fourth-order valence-electron chi connectivity index (χ4n) is 4.77. The van der Waals surface area contributed by atoms with Gasteiger partial charge in [0.1, 0.15) is 46.7 Å². The highest BCUT2D eigenvalue weighted by Crippen LogP contribution is 2.31. The van der Waals surface area contributed by atoms with Crippen LogP contribution in [0.25, 0.3) is 11.0 Å². The summed E-state index contributed by atoms with van der Waals surface area (Å²) < 4.78 is 61.3. The third-order valence-electron chi connectivity index (χ3n) is 7.32. The van der Waals surface area contributed by atoms with Crippen molar-refractivity contribution in [3.05, 3.63) is 113 Å². The number of methoxy groups -OCH3 is 2. The maximum absolute atomic E-state index is 13.5. The van der Waals surface area contributed by atoms with Crippen molar-refractivity contribution in [3.8, 4) is 17.2 Å². The van der Waals surface area contributed by atoms with Crippen LogP contribution in [0.3, 0.4) is 0 Å². The molecule has 0 aliphatic rings. The second-order valence-electron chi connectivity index (χ2n) is 10.6. The standard InChI is InChI=1S/C33H33F3N6O6/c1-44-26-14-10-22(30(18-26)45-2)19-46-31(43)28(39-33(37,38)23-6-4-3-5-7-23)16-21-8-12-25(13-9-21)47-20-48-42-29-17-24(32(34,35)36)11-15-27(29)40-41-42/h3-15,17-18,28,39H,16,19-20,37-38H2,1-2H3/t28-/m1/s1. The molecule has 0 aliphatic heterocycles. The molecular formula is C33H33F3N6O6. The average Bonchev–Trinajstić information content (AvgIpc) is 3.49. The van der Waals surface area contributed by atoms with Gasteiger partial charge in [-0.05, 0) is 59.7 Å². The zero-order valence-electron chi connectivity index (χ0n) is 25.9. The largest absolute Gasteiger partial charge is 0.497 e. The number of fused-ring (bicyclic) bond motifs is 1. The molecule has 0 saturated heterocycles. The lowest BCUT2D eigenvalue weighted by Gasteiger charge is -2.31.